The zero-order valence-electron chi connectivity index (χ0n) is 7.05. The predicted octanol–water partition coefficient (Wildman–Crippen LogP) is 1.02. The van der Waals surface area contributed by atoms with Gasteiger partial charge in [0.25, 0.3) is 0 Å². The maximum Gasteiger partial charge on any atom is 0.166 e. The average molecular weight is 182 g/mol. The fourth-order valence-corrected chi connectivity index (χ4v) is 3.48. The molecule has 0 aromatic rings. The van der Waals surface area contributed by atoms with Gasteiger partial charge in [0.15, 0.2) is 5.11 Å². The van der Waals surface area contributed by atoms with Gasteiger partial charge in [-0.25, -0.2) is 0 Å². The average Bonchev–Trinajstić information content (AvgIpc) is 2.46. The molecule has 4 bridgehead atoms. The van der Waals surface area contributed by atoms with Crippen molar-refractivity contribution >= 4 is 17.3 Å². The van der Waals surface area contributed by atoms with E-state index >= 15 is 0 Å². The smallest absolute Gasteiger partial charge is 0.166 e. The third-order valence-electron chi connectivity index (χ3n) is 3.79. The van der Waals surface area contributed by atoms with Crippen LogP contribution in [0.2, 0.25) is 0 Å². The summed E-state index contributed by atoms with van der Waals surface area (Å²) in [6.07, 6.45) is 5.57. The summed E-state index contributed by atoms with van der Waals surface area (Å²) in [5.41, 5.74) is 0. The van der Waals surface area contributed by atoms with Gasteiger partial charge in [-0.05, 0) is 49.7 Å². The molecule has 3 heteroatoms. The van der Waals surface area contributed by atoms with E-state index in [4.69, 9.17) is 12.2 Å². The largest absolute Gasteiger partial charge is 0.360 e. The van der Waals surface area contributed by atoms with Gasteiger partial charge >= 0.3 is 0 Å². The molecular formula is C9H14N2S. The van der Waals surface area contributed by atoms with Crippen molar-refractivity contribution in [2.45, 2.75) is 37.8 Å². The second-order valence-electron chi connectivity index (χ2n) is 4.40. The number of hydrogen-bond donors (Lipinski definition) is 2. The van der Waals surface area contributed by atoms with Crippen molar-refractivity contribution in [2.24, 2.45) is 11.8 Å². The molecule has 3 aliphatic rings. The van der Waals surface area contributed by atoms with Gasteiger partial charge in [-0.3, -0.25) is 0 Å². The number of fused-ring (bicyclic) bond motifs is 6. The van der Waals surface area contributed by atoms with Crippen LogP contribution >= 0.6 is 12.2 Å². The molecule has 1 heterocycles. The first kappa shape index (κ1) is 7.13. The zero-order chi connectivity index (χ0) is 8.13. The van der Waals surface area contributed by atoms with Gasteiger partial charge in [-0.15, -0.1) is 0 Å². The summed E-state index contributed by atoms with van der Waals surface area (Å²) >= 11 is 5.17. The number of nitrogens with one attached hydrogen (secondary N) is 2. The van der Waals surface area contributed by atoms with E-state index in [0.717, 1.165) is 16.9 Å². The van der Waals surface area contributed by atoms with Gasteiger partial charge < -0.3 is 10.6 Å². The Labute approximate surface area is 78.1 Å². The van der Waals surface area contributed by atoms with Crippen molar-refractivity contribution in [1.29, 1.82) is 0 Å². The predicted molar refractivity (Wildman–Crippen MR) is 51.9 cm³/mol. The molecule has 4 atom stereocenters. The standard InChI is InChI=1S/C9H14N2S/c12-9-10-7-4-8(11-9)6-2-1-5(7)3-6/h5-8H,1-4H2,(H2,10,11,12). The van der Waals surface area contributed by atoms with Gasteiger partial charge in [-0.1, -0.05) is 0 Å². The van der Waals surface area contributed by atoms with E-state index in [1.165, 1.54) is 25.7 Å². The van der Waals surface area contributed by atoms with Crippen LogP contribution in [-0.4, -0.2) is 17.2 Å². The second-order valence-corrected chi connectivity index (χ2v) is 4.81. The van der Waals surface area contributed by atoms with Crippen LogP contribution in [0.3, 0.4) is 0 Å². The van der Waals surface area contributed by atoms with Crippen molar-refractivity contribution < 1.29 is 0 Å². The molecule has 66 valence electrons. The molecule has 1 aliphatic heterocycles. The van der Waals surface area contributed by atoms with Crippen LogP contribution in [0.4, 0.5) is 0 Å². The summed E-state index contributed by atoms with van der Waals surface area (Å²) in [6, 6.07) is 1.39. The Morgan fingerprint density at radius 2 is 1.58 bits per heavy atom. The molecule has 0 spiro atoms. The van der Waals surface area contributed by atoms with Crippen LogP contribution in [-0.2, 0) is 0 Å². The molecule has 2 N–H and O–H groups in total. The highest BCUT2D eigenvalue weighted by molar-refractivity contribution is 7.80. The summed E-state index contributed by atoms with van der Waals surface area (Å²) in [6.45, 7) is 0. The maximum atomic E-state index is 5.17. The Bertz CT molecular complexity index is 209. The molecule has 1 saturated heterocycles. The van der Waals surface area contributed by atoms with Crippen molar-refractivity contribution in [3.8, 4) is 0 Å². The summed E-state index contributed by atoms with van der Waals surface area (Å²) < 4.78 is 0. The molecule has 3 rings (SSSR count). The highest BCUT2D eigenvalue weighted by atomic mass is 32.1. The van der Waals surface area contributed by atoms with Gasteiger partial charge in [0.2, 0.25) is 0 Å². The third-order valence-corrected chi connectivity index (χ3v) is 4.03. The lowest BCUT2D eigenvalue weighted by Crippen LogP contribution is -2.60. The van der Waals surface area contributed by atoms with Crippen LogP contribution in [0.1, 0.15) is 25.7 Å². The van der Waals surface area contributed by atoms with E-state index in [2.05, 4.69) is 10.6 Å². The van der Waals surface area contributed by atoms with Crippen LogP contribution < -0.4 is 10.6 Å². The van der Waals surface area contributed by atoms with E-state index in [-0.39, 0.29) is 0 Å². The number of hydrogen-bond acceptors (Lipinski definition) is 1. The van der Waals surface area contributed by atoms with Crippen molar-refractivity contribution in [3.63, 3.8) is 0 Å². The van der Waals surface area contributed by atoms with Crippen LogP contribution in [0.15, 0.2) is 0 Å². The molecule has 0 radical (unpaired) electrons. The third kappa shape index (κ3) is 0.889. The minimum absolute atomic E-state index is 0.697. The zero-order valence-corrected chi connectivity index (χ0v) is 7.86. The topological polar surface area (TPSA) is 24.1 Å². The van der Waals surface area contributed by atoms with Gasteiger partial charge in [-0.2, -0.15) is 0 Å². The lowest BCUT2D eigenvalue weighted by molar-refractivity contribution is 0.225. The molecule has 2 aliphatic carbocycles. The lowest BCUT2D eigenvalue weighted by atomic mass is 9.80. The Balaban J connectivity index is 1.90. The number of rotatable bonds is 0. The Kier molecular flexibility index (Phi) is 1.39. The normalized spacial score (nSPS) is 49.8. The van der Waals surface area contributed by atoms with Crippen LogP contribution in [0.5, 0.6) is 0 Å². The minimum Gasteiger partial charge on any atom is -0.360 e. The van der Waals surface area contributed by atoms with E-state index in [9.17, 15) is 0 Å². The molecule has 4 unspecified atom stereocenters. The van der Waals surface area contributed by atoms with Crippen molar-refractivity contribution in [1.82, 2.24) is 10.6 Å². The Morgan fingerprint density at radius 3 is 2.17 bits per heavy atom. The molecule has 2 saturated carbocycles. The first-order chi connectivity index (χ1) is 5.83. The fourth-order valence-electron chi connectivity index (χ4n) is 3.17. The van der Waals surface area contributed by atoms with Gasteiger partial charge in [0.05, 0.1) is 0 Å². The number of thiocarbonyl (C=S) groups is 1. The highest BCUT2D eigenvalue weighted by Crippen LogP contribution is 2.43. The fraction of sp³-hybridized carbons (Fsp3) is 0.889. The van der Waals surface area contributed by atoms with Crippen LogP contribution in [0, 0.1) is 11.8 Å². The quantitative estimate of drug-likeness (QED) is 0.547. The van der Waals surface area contributed by atoms with E-state index in [1.807, 2.05) is 0 Å². The minimum atomic E-state index is 0.697. The molecule has 0 aromatic carbocycles. The summed E-state index contributed by atoms with van der Waals surface area (Å²) in [5, 5.41) is 7.69. The SMILES string of the molecule is S=C1NC2CC(N1)C1CCC2C1. The Hall–Kier alpha value is -0.310. The monoisotopic (exact) mass is 182 g/mol. The summed E-state index contributed by atoms with van der Waals surface area (Å²) in [7, 11) is 0. The molecule has 2 nitrogen and oxygen atoms in total. The van der Waals surface area contributed by atoms with E-state index in [0.29, 0.717) is 12.1 Å². The molecule has 0 aromatic heterocycles. The second kappa shape index (κ2) is 2.34. The summed E-state index contributed by atoms with van der Waals surface area (Å²) in [4.78, 5) is 0. The van der Waals surface area contributed by atoms with Crippen LogP contribution in [0.25, 0.3) is 0 Å². The molecule has 3 fully saturated rings. The summed E-state index contributed by atoms with van der Waals surface area (Å²) in [5.74, 6) is 1.84. The first-order valence-corrected chi connectivity index (χ1v) is 5.31. The lowest BCUT2D eigenvalue weighted by Gasteiger charge is -2.42. The van der Waals surface area contributed by atoms with Gasteiger partial charge in [0.1, 0.15) is 0 Å². The first-order valence-electron chi connectivity index (χ1n) is 4.90. The highest BCUT2D eigenvalue weighted by Gasteiger charge is 2.44. The van der Waals surface area contributed by atoms with Crippen molar-refractivity contribution in [2.75, 3.05) is 0 Å². The van der Waals surface area contributed by atoms with E-state index < -0.39 is 0 Å². The van der Waals surface area contributed by atoms with Gasteiger partial charge in [0, 0.05) is 12.1 Å². The Morgan fingerprint density at radius 1 is 1.00 bits per heavy atom. The maximum absolute atomic E-state index is 5.17. The van der Waals surface area contributed by atoms with E-state index in [1.54, 1.807) is 0 Å². The molecular weight excluding hydrogens is 168 g/mol. The van der Waals surface area contributed by atoms with Crippen molar-refractivity contribution in [3.05, 3.63) is 0 Å². The molecule has 12 heavy (non-hydrogen) atoms. The molecule has 0 amide bonds.